The van der Waals surface area contributed by atoms with Gasteiger partial charge in [-0.2, -0.15) is 5.10 Å². The normalized spacial score (nSPS) is 19.0. The number of hydrogen-bond donors (Lipinski definition) is 2. The molecular formula is C20H26N4O3. The highest BCUT2D eigenvalue weighted by molar-refractivity contribution is 5.93. The number of rotatable bonds is 7. The van der Waals surface area contributed by atoms with Crippen molar-refractivity contribution >= 4 is 17.6 Å². The molecule has 3 rings (SSSR count). The Balaban J connectivity index is 1.56. The molecule has 1 amide bonds. The van der Waals surface area contributed by atoms with Crippen LogP contribution in [0.15, 0.2) is 36.7 Å². The highest BCUT2D eigenvalue weighted by atomic mass is 16.5. The summed E-state index contributed by atoms with van der Waals surface area (Å²) in [5.41, 5.74) is 2.88. The van der Waals surface area contributed by atoms with Gasteiger partial charge in [0.05, 0.1) is 18.7 Å². The van der Waals surface area contributed by atoms with Crippen LogP contribution >= 0.6 is 0 Å². The summed E-state index contributed by atoms with van der Waals surface area (Å²) in [6.45, 7) is 3.63. The van der Waals surface area contributed by atoms with E-state index < -0.39 is 0 Å². The summed E-state index contributed by atoms with van der Waals surface area (Å²) in [5.74, 6) is -0.182. The number of esters is 1. The Morgan fingerprint density at radius 3 is 2.74 bits per heavy atom. The fourth-order valence-electron chi connectivity index (χ4n) is 3.41. The van der Waals surface area contributed by atoms with Gasteiger partial charge < -0.3 is 15.4 Å². The van der Waals surface area contributed by atoms with E-state index in [1.54, 1.807) is 11.6 Å². The third-order valence-electron chi connectivity index (χ3n) is 4.85. The van der Waals surface area contributed by atoms with E-state index in [2.05, 4.69) is 15.7 Å². The Bertz CT molecular complexity index is 785. The van der Waals surface area contributed by atoms with Crippen LogP contribution in [0.4, 0.5) is 5.69 Å². The zero-order valence-electron chi connectivity index (χ0n) is 15.8. The van der Waals surface area contributed by atoms with E-state index in [4.69, 9.17) is 4.74 Å². The molecule has 27 heavy (non-hydrogen) atoms. The first kappa shape index (κ1) is 19.1. The van der Waals surface area contributed by atoms with Gasteiger partial charge >= 0.3 is 5.97 Å². The molecule has 0 radical (unpaired) electrons. The van der Waals surface area contributed by atoms with Crippen LogP contribution in [0.1, 0.15) is 30.4 Å². The maximum atomic E-state index is 12.7. The van der Waals surface area contributed by atoms with Crippen LogP contribution in [0.3, 0.4) is 0 Å². The third-order valence-corrected chi connectivity index (χ3v) is 4.85. The Labute approximate surface area is 159 Å². The Morgan fingerprint density at radius 2 is 2.07 bits per heavy atom. The Morgan fingerprint density at radius 1 is 1.30 bits per heavy atom. The van der Waals surface area contributed by atoms with Gasteiger partial charge in [-0.15, -0.1) is 0 Å². The van der Waals surface area contributed by atoms with E-state index in [0.717, 1.165) is 23.4 Å². The zero-order valence-corrected chi connectivity index (χ0v) is 15.8. The lowest BCUT2D eigenvalue weighted by atomic mass is 9.90. The molecule has 2 N–H and O–H groups in total. The average molecular weight is 370 g/mol. The molecule has 1 aliphatic heterocycles. The van der Waals surface area contributed by atoms with Crippen molar-refractivity contribution in [3.05, 3.63) is 47.8 Å². The molecule has 2 aromatic rings. The average Bonchev–Trinajstić information content (AvgIpc) is 3.30. The van der Waals surface area contributed by atoms with Crippen LogP contribution < -0.4 is 10.6 Å². The molecule has 1 aromatic heterocycles. The predicted molar refractivity (Wildman–Crippen MR) is 102 cm³/mol. The zero-order chi connectivity index (χ0) is 19.2. The minimum Gasteiger partial charge on any atom is -0.466 e. The van der Waals surface area contributed by atoms with Crippen LogP contribution in [-0.4, -0.2) is 41.4 Å². The summed E-state index contributed by atoms with van der Waals surface area (Å²) in [6, 6.07) is 7.61. The number of nitrogens with one attached hydrogen (secondary N) is 2. The van der Waals surface area contributed by atoms with Gasteiger partial charge in [-0.1, -0.05) is 12.1 Å². The fourth-order valence-corrected chi connectivity index (χ4v) is 3.41. The SMILES string of the molecule is CCOC(=O)CCc1ccc(NC(=O)[C@H]2CNC[C@@H]2c2cnn(C)c2)cc1. The minimum atomic E-state index is -0.190. The summed E-state index contributed by atoms with van der Waals surface area (Å²) in [6.07, 6.45) is 4.79. The van der Waals surface area contributed by atoms with Gasteiger partial charge in [0.25, 0.3) is 0 Å². The van der Waals surface area contributed by atoms with Crippen molar-refractivity contribution < 1.29 is 14.3 Å². The number of aromatic nitrogens is 2. The van der Waals surface area contributed by atoms with Crippen LogP contribution in [0, 0.1) is 5.92 Å². The minimum absolute atomic E-state index is 0.00752. The standard InChI is InChI=1S/C20H26N4O3/c1-3-27-19(25)9-6-14-4-7-16(8-5-14)23-20(26)18-12-21-11-17(18)15-10-22-24(2)13-15/h4-5,7-8,10,13,17-18,21H,3,6,9,11-12H2,1-2H3,(H,23,26)/t17-,18+/m1/s1. The number of nitrogens with zero attached hydrogens (tertiary/aromatic N) is 2. The van der Waals surface area contributed by atoms with Crippen molar-refractivity contribution in [1.29, 1.82) is 0 Å². The molecule has 2 atom stereocenters. The van der Waals surface area contributed by atoms with E-state index in [0.29, 0.717) is 26.0 Å². The first-order valence-electron chi connectivity index (χ1n) is 9.31. The summed E-state index contributed by atoms with van der Waals surface area (Å²) >= 11 is 0. The summed E-state index contributed by atoms with van der Waals surface area (Å²) in [7, 11) is 1.88. The molecule has 0 aliphatic carbocycles. The van der Waals surface area contributed by atoms with Crippen LogP contribution in [-0.2, 0) is 27.8 Å². The Kier molecular flexibility index (Phi) is 6.24. The number of anilines is 1. The predicted octanol–water partition coefficient (Wildman–Crippen LogP) is 1.86. The van der Waals surface area contributed by atoms with Gasteiger partial charge in [-0.3, -0.25) is 14.3 Å². The maximum absolute atomic E-state index is 12.7. The van der Waals surface area contributed by atoms with Crippen molar-refractivity contribution in [2.24, 2.45) is 13.0 Å². The molecule has 0 spiro atoms. The Hall–Kier alpha value is -2.67. The van der Waals surface area contributed by atoms with E-state index >= 15 is 0 Å². The third kappa shape index (κ3) is 4.95. The van der Waals surface area contributed by atoms with Crippen molar-refractivity contribution in [3.63, 3.8) is 0 Å². The molecule has 1 fully saturated rings. The highest BCUT2D eigenvalue weighted by Crippen LogP contribution is 2.29. The fraction of sp³-hybridized carbons (Fsp3) is 0.450. The van der Waals surface area contributed by atoms with Gasteiger partial charge in [0, 0.05) is 44.4 Å². The molecule has 7 nitrogen and oxygen atoms in total. The second-order valence-corrected chi connectivity index (χ2v) is 6.81. The molecule has 0 unspecified atom stereocenters. The highest BCUT2D eigenvalue weighted by Gasteiger charge is 2.34. The van der Waals surface area contributed by atoms with E-state index in [9.17, 15) is 9.59 Å². The second-order valence-electron chi connectivity index (χ2n) is 6.81. The van der Waals surface area contributed by atoms with Crippen LogP contribution in [0.25, 0.3) is 0 Å². The van der Waals surface area contributed by atoms with Gasteiger partial charge in [0.15, 0.2) is 0 Å². The molecule has 7 heteroatoms. The van der Waals surface area contributed by atoms with Gasteiger partial charge in [0.1, 0.15) is 0 Å². The molecule has 0 saturated carbocycles. The van der Waals surface area contributed by atoms with E-state index in [1.165, 1.54) is 0 Å². The monoisotopic (exact) mass is 370 g/mol. The second kappa shape index (κ2) is 8.81. The van der Waals surface area contributed by atoms with Gasteiger partial charge in [-0.25, -0.2) is 0 Å². The summed E-state index contributed by atoms with van der Waals surface area (Å²) in [5, 5.41) is 10.5. The van der Waals surface area contributed by atoms with Gasteiger partial charge in [-0.05, 0) is 36.6 Å². The largest absolute Gasteiger partial charge is 0.466 e. The number of hydrogen-bond acceptors (Lipinski definition) is 5. The first-order valence-corrected chi connectivity index (χ1v) is 9.31. The number of ether oxygens (including phenoxy) is 1. The molecule has 1 aliphatic rings. The number of carbonyl (C=O) groups excluding carboxylic acids is 2. The lowest BCUT2D eigenvalue weighted by molar-refractivity contribution is -0.143. The smallest absolute Gasteiger partial charge is 0.306 e. The van der Waals surface area contributed by atoms with Crippen LogP contribution in [0.2, 0.25) is 0 Å². The number of amides is 1. The molecule has 144 valence electrons. The molecule has 0 bridgehead atoms. The molecule has 1 saturated heterocycles. The number of carbonyl (C=O) groups is 2. The quantitative estimate of drug-likeness (QED) is 0.727. The van der Waals surface area contributed by atoms with Crippen molar-refractivity contribution in [2.45, 2.75) is 25.7 Å². The number of aryl methyl sites for hydroxylation is 2. The van der Waals surface area contributed by atoms with Gasteiger partial charge in [0.2, 0.25) is 5.91 Å². The summed E-state index contributed by atoms with van der Waals surface area (Å²) in [4.78, 5) is 24.2. The van der Waals surface area contributed by atoms with Crippen molar-refractivity contribution in [1.82, 2.24) is 15.1 Å². The van der Waals surface area contributed by atoms with Crippen LogP contribution in [0.5, 0.6) is 0 Å². The lowest BCUT2D eigenvalue weighted by Crippen LogP contribution is -2.28. The number of benzene rings is 1. The molecular weight excluding hydrogens is 344 g/mol. The summed E-state index contributed by atoms with van der Waals surface area (Å²) < 4.78 is 6.70. The van der Waals surface area contributed by atoms with E-state index in [1.807, 2.05) is 43.7 Å². The molecule has 2 heterocycles. The van der Waals surface area contributed by atoms with Crippen molar-refractivity contribution in [2.75, 3.05) is 25.0 Å². The molecule has 1 aromatic carbocycles. The first-order chi connectivity index (χ1) is 13.1. The lowest BCUT2D eigenvalue weighted by Gasteiger charge is -2.17. The maximum Gasteiger partial charge on any atom is 0.306 e. The van der Waals surface area contributed by atoms with Crippen molar-refractivity contribution in [3.8, 4) is 0 Å². The topological polar surface area (TPSA) is 85.2 Å². The van der Waals surface area contributed by atoms with E-state index in [-0.39, 0.29) is 23.7 Å².